The molecule has 0 saturated carbocycles. The van der Waals surface area contributed by atoms with Crippen LogP contribution in [0.1, 0.15) is 31.2 Å². The van der Waals surface area contributed by atoms with Crippen molar-refractivity contribution in [3.63, 3.8) is 0 Å². The number of hydrogen-bond acceptors (Lipinski definition) is 2. The summed E-state index contributed by atoms with van der Waals surface area (Å²) in [5.74, 6) is 1.91. The Balaban J connectivity index is 1.85. The average molecular weight is 257 g/mol. The molecule has 3 nitrogen and oxygen atoms in total. The molecular formula is C16H23N3. The van der Waals surface area contributed by atoms with Crippen molar-refractivity contribution in [3.8, 4) is 0 Å². The van der Waals surface area contributed by atoms with Crippen molar-refractivity contribution in [2.45, 2.75) is 39.7 Å². The molecule has 2 heterocycles. The predicted octanol–water partition coefficient (Wildman–Crippen LogP) is 2.91. The van der Waals surface area contributed by atoms with Crippen LogP contribution in [0.25, 0.3) is 11.0 Å². The van der Waals surface area contributed by atoms with Crippen LogP contribution >= 0.6 is 0 Å². The van der Waals surface area contributed by atoms with Gasteiger partial charge in [0.25, 0.3) is 0 Å². The molecule has 1 aromatic heterocycles. The molecule has 102 valence electrons. The highest BCUT2D eigenvalue weighted by Crippen LogP contribution is 2.21. The third kappa shape index (κ3) is 2.52. The average Bonchev–Trinajstić information content (AvgIpc) is 2.74. The van der Waals surface area contributed by atoms with Crippen LogP contribution in [0.4, 0.5) is 0 Å². The van der Waals surface area contributed by atoms with Crippen LogP contribution in [0.2, 0.25) is 0 Å². The Morgan fingerprint density at radius 2 is 2.32 bits per heavy atom. The van der Waals surface area contributed by atoms with E-state index in [-0.39, 0.29) is 0 Å². The minimum Gasteiger partial charge on any atom is -0.329 e. The number of fused-ring (bicyclic) bond motifs is 1. The number of piperidine rings is 1. The maximum absolute atomic E-state index is 4.69. The molecule has 0 aliphatic carbocycles. The molecule has 1 N–H and O–H groups in total. The van der Waals surface area contributed by atoms with Crippen molar-refractivity contribution in [2.75, 3.05) is 13.1 Å². The second-order valence-electron chi connectivity index (χ2n) is 5.64. The van der Waals surface area contributed by atoms with Crippen molar-refractivity contribution in [1.82, 2.24) is 14.9 Å². The summed E-state index contributed by atoms with van der Waals surface area (Å²) >= 11 is 0. The highest BCUT2D eigenvalue weighted by molar-refractivity contribution is 5.76. The predicted molar refractivity (Wildman–Crippen MR) is 79.4 cm³/mol. The molecule has 0 radical (unpaired) electrons. The van der Waals surface area contributed by atoms with Crippen LogP contribution in [0.3, 0.4) is 0 Å². The molecule has 1 aliphatic rings. The maximum atomic E-state index is 4.69. The minimum atomic E-state index is 0.792. The first-order valence-electron chi connectivity index (χ1n) is 7.44. The van der Waals surface area contributed by atoms with Crippen LogP contribution < -0.4 is 5.32 Å². The van der Waals surface area contributed by atoms with Crippen molar-refractivity contribution < 1.29 is 0 Å². The second kappa shape index (κ2) is 5.33. The highest BCUT2D eigenvalue weighted by atomic mass is 15.1. The van der Waals surface area contributed by atoms with Gasteiger partial charge in [0.2, 0.25) is 0 Å². The number of aryl methyl sites for hydroxylation is 2. The van der Waals surface area contributed by atoms with Gasteiger partial charge in [-0.15, -0.1) is 0 Å². The van der Waals surface area contributed by atoms with Crippen LogP contribution in [-0.2, 0) is 13.0 Å². The number of rotatable bonds is 3. The summed E-state index contributed by atoms with van der Waals surface area (Å²) in [5, 5.41) is 3.49. The largest absolute Gasteiger partial charge is 0.329 e. The van der Waals surface area contributed by atoms with Crippen LogP contribution in [0.5, 0.6) is 0 Å². The number of nitrogens with one attached hydrogen (secondary N) is 1. The van der Waals surface area contributed by atoms with E-state index in [1.54, 1.807) is 0 Å². The molecule has 0 amide bonds. The molecule has 2 aromatic rings. The van der Waals surface area contributed by atoms with Crippen molar-refractivity contribution in [1.29, 1.82) is 0 Å². The van der Waals surface area contributed by atoms with Crippen molar-refractivity contribution >= 4 is 11.0 Å². The lowest BCUT2D eigenvalue weighted by atomic mass is 9.92. The number of hydrogen-bond donors (Lipinski definition) is 1. The van der Waals surface area contributed by atoms with E-state index in [0.29, 0.717) is 0 Å². The summed E-state index contributed by atoms with van der Waals surface area (Å²) in [6, 6.07) is 6.80. The SMILES string of the molecule is CCn1c(C)nc2cc(CC3CCCNC3)ccc21. The zero-order valence-corrected chi connectivity index (χ0v) is 11.9. The number of nitrogens with zero attached hydrogens (tertiary/aromatic N) is 2. The molecular weight excluding hydrogens is 234 g/mol. The van der Waals surface area contributed by atoms with E-state index in [1.165, 1.54) is 43.4 Å². The Bertz CT molecular complexity index is 565. The Kier molecular flexibility index (Phi) is 3.56. The molecule has 3 heteroatoms. The molecule has 1 aliphatic heterocycles. The van der Waals surface area contributed by atoms with Gasteiger partial charge in [0.1, 0.15) is 5.82 Å². The molecule has 0 spiro atoms. The summed E-state index contributed by atoms with van der Waals surface area (Å²) in [6.07, 6.45) is 3.85. The van der Waals surface area contributed by atoms with Crippen molar-refractivity contribution in [2.24, 2.45) is 5.92 Å². The maximum Gasteiger partial charge on any atom is 0.106 e. The Morgan fingerprint density at radius 3 is 3.05 bits per heavy atom. The van der Waals surface area contributed by atoms with Gasteiger partial charge in [0.05, 0.1) is 11.0 Å². The lowest BCUT2D eigenvalue weighted by molar-refractivity contribution is 0.376. The Morgan fingerprint density at radius 1 is 1.42 bits per heavy atom. The van der Waals surface area contributed by atoms with E-state index >= 15 is 0 Å². The molecule has 3 rings (SSSR count). The fourth-order valence-electron chi connectivity index (χ4n) is 3.25. The van der Waals surface area contributed by atoms with Gasteiger partial charge < -0.3 is 9.88 Å². The lowest BCUT2D eigenvalue weighted by Gasteiger charge is -2.22. The van der Waals surface area contributed by atoms with E-state index in [2.05, 4.69) is 46.9 Å². The van der Waals surface area contributed by atoms with Crippen LogP contribution in [0.15, 0.2) is 18.2 Å². The quantitative estimate of drug-likeness (QED) is 0.916. The standard InChI is InChI=1S/C16H23N3/c1-3-19-12(2)18-15-10-13(6-7-16(15)19)9-14-5-4-8-17-11-14/h6-7,10,14,17H,3-5,8-9,11H2,1-2H3. The molecule has 1 unspecified atom stereocenters. The first-order chi connectivity index (χ1) is 9.28. The zero-order chi connectivity index (χ0) is 13.2. The number of imidazole rings is 1. The number of aromatic nitrogens is 2. The van der Waals surface area contributed by atoms with E-state index in [9.17, 15) is 0 Å². The van der Waals surface area contributed by atoms with Crippen LogP contribution in [0, 0.1) is 12.8 Å². The van der Waals surface area contributed by atoms with E-state index in [0.717, 1.165) is 23.8 Å². The van der Waals surface area contributed by atoms with Gasteiger partial charge in [-0.25, -0.2) is 4.98 Å². The smallest absolute Gasteiger partial charge is 0.106 e. The minimum absolute atomic E-state index is 0.792. The first-order valence-corrected chi connectivity index (χ1v) is 7.44. The van der Waals surface area contributed by atoms with Gasteiger partial charge in [0, 0.05) is 6.54 Å². The highest BCUT2D eigenvalue weighted by Gasteiger charge is 2.14. The second-order valence-corrected chi connectivity index (χ2v) is 5.64. The van der Waals surface area contributed by atoms with Gasteiger partial charge in [0.15, 0.2) is 0 Å². The van der Waals surface area contributed by atoms with Crippen LogP contribution in [-0.4, -0.2) is 22.6 Å². The fourth-order valence-corrected chi connectivity index (χ4v) is 3.25. The summed E-state index contributed by atoms with van der Waals surface area (Å²) in [6.45, 7) is 7.62. The van der Waals surface area contributed by atoms with Gasteiger partial charge in [-0.1, -0.05) is 6.07 Å². The lowest BCUT2D eigenvalue weighted by Crippen LogP contribution is -2.30. The van der Waals surface area contributed by atoms with E-state index < -0.39 is 0 Å². The summed E-state index contributed by atoms with van der Waals surface area (Å²) in [4.78, 5) is 4.69. The van der Waals surface area contributed by atoms with Crippen molar-refractivity contribution in [3.05, 3.63) is 29.6 Å². The van der Waals surface area contributed by atoms with Gasteiger partial charge in [-0.05, 0) is 69.8 Å². The normalized spacial score (nSPS) is 20.0. The third-order valence-electron chi connectivity index (χ3n) is 4.24. The summed E-state index contributed by atoms with van der Waals surface area (Å²) in [5.41, 5.74) is 3.85. The summed E-state index contributed by atoms with van der Waals surface area (Å²) in [7, 11) is 0. The monoisotopic (exact) mass is 257 g/mol. The van der Waals surface area contributed by atoms with Gasteiger partial charge >= 0.3 is 0 Å². The van der Waals surface area contributed by atoms with Gasteiger partial charge in [-0.3, -0.25) is 0 Å². The fraction of sp³-hybridized carbons (Fsp3) is 0.562. The molecule has 0 bridgehead atoms. The molecule has 1 fully saturated rings. The molecule has 1 atom stereocenters. The molecule has 1 saturated heterocycles. The van der Waals surface area contributed by atoms with Gasteiger partial charge in [-0.2, -0.15) is 0 Å². The molecule has 1 aromatic carbocycles. The Labute approximate surface area is 115 Å². The Hall–Kier alpha value is -1.35. The topological polar surface area (TPSA) is 29.9 Å². The van der Waals surface area contributed by atoms with E-state index in [4.69, 9.17) is 0 Å². The van der Waals surface area contributed by atoms with E-state index in [1.807, 2.05) is 0 Å². The third-order valence-corrected chi connectivity index (χ3v) is 4.24. The summed E-state index contributed by atoms with van der Waals surface area (Å²) < 4.78 is 2.28. The number of benzene rings is 1. The zero-order valence-electron chi connectivity index (χ0n) is 11.9. The first kappa shape index (κ1) is 12.7. The molecule has 19 heavy (non-hydrogen) atoms.